The van der Waals surface area contributed by atoms with E-state index in [0.717, 1.165) is 6.42 Å². The fourth-order valence-electron chi connectivity index (χ4n) is 6.46. The summed E-state index contributed by atoms with van der Waals surface area (Å²) in [4.78, 5) is 116. The molecule has 1 saturated heterocycles. The van der Waals surface area contributed by atoms with Gasteiger partial charge in [-0.15, -0.1) is 0 Å². The minimum atomic E-state index is -1.46. The Kier molecular flexibility index (Phi) is 19.6. The van der Waals surface area contributed by atoms with Crippen LogP contribution in [0, 0.1) is 5.92 Å². The molecule has 12 N–H and O–H groups in total. The lowest BCUT2D eigenvalue weighted by Gasteiger charge is -2.27. The van der Waals surface area contributed by atoms with E-state index in [-0.39, 0.29) is 50.9 Å². The molecule has 19 nitrogen and oxygen atoms in total. The van der Waals surface area contributed by atoms with Crippen LogP contribution in [0.5, 0.6) is 0 Å². The van der Waals surface area contributed by atoms with Crippen molar-refractivity contribution in [3.8, 4) is 0 Å². The second kappa shape index (κ2) is 24.5. The minimum Gasteiger partial charge on any atom is -0.480 e. The molecule has 0 aromatic heterocycles. The van der Waals surface area contributed by atoms with Crippen LogP contribution in [0.4, 0.5) is 0 Å². The minimum absolute atomic E-state index is 0.0385. The zero-order valence-electron chi connectivity index (χ0n) is 33.9. The molecule has 1 aliphatic heterocycles. The molecule has 0 spiro atoms. The molecule has 1 heterocycles. The predicted octanol–water partition coefficient (Wildman–Crippen LogP) is -1.57. The van der Waals surface area contributed by atoms with Gasteiger partial charge >= 0.3 is 5.97 Å². The monoisotopic (exact) mass is 835 g/mol. The highest BCUT2D eigenvalue weighted by Crippen LogP contribution is 2.11. The van der Waals surface area contributed by atoms with E-state index >= 15 is 0 Å². The summed E-state index contributed by atoms with van der Waals surface area (Å²) in [7, 11) is 0. The predicted molar refractivity (Wildman–Crippen MR) is 218 cm³/mol. The van der Waals surface area contributed by atoms with Gasteiger partial charge in [0, 0.05) is 25.7 Å². The van der Waals surface area contributed by atoms with Crippen molar-refractivity contribution < 1.29 is 48.3 Å². The van der Waals surface area contributed by atoms with Gasteiger partial charge in [-0.3, -0.25) is 38.4 Å². The zero-order chi connectivity index (χ0) is 44.2. The van der Waals surface area contributed by atoms with Gasteiger partial charge in [0.1, 0.15) is 30.2 Å². The van der Waals surface area contributed by atoms with Gasteiger partial charge in [-0.1, -0.05) is 74.5 Å². The van der Waals surface area contributed by atoms with Crippen molar-refractivity contribution in [1.29, 1.82) is 0 Å². The number of benzene rings is 2. The summed E-state index contributed by atoms with van der Waals surface area (Å²) in [6.07, 6.45) is 0.200. The van der Waals surface area contributed by atoms with Crippen molar-refractivity contribution in [2.24, 2.45) is 17.4 Å². The Morgan fingerprint density at radius 1 is 0.650 bits per heavy atom. The van der Waals surface area contributed by atoms with Gasteiger partial charge in [-0.05, 0) is 55.7 Å². The second-order valence-electron chi connectivity index (χ2n) is 15.1. The molecule has 6 unspecified atom stereocenters. The number of carbonyl (C=O) groups excluding carboxylic acids is 8. The van der Waals surface area contributed by atoms with Gasteiger partial charge in [-0.25, -0.2) is 4.79 Å². The highest BCUT2D eigenvalue weighted by molar-refractivity contribution is 5.97. The Morgan fingerprint density at radius 3 is 1.57 bits per heavy atom. The standard InChI is InChI=1S/C41H57N9O10/c1-24(2)20-32(41(59)60)46-35(53)23-45-36(54)30(21-25-10-5-3-6-11-25)49-40(58)31(22-26-12-7-4-8-13-26)50-39(57)29(16-18-34(43)52)48-38(56)28(15-17-33(42)51)47-37(55)27-14-9-19-44-27/h3-8,10-13,24,27-32,44H,9,14-23H2,1-2H3,(H2,42,51)(H2,43,52)(H,45,54)(H,46,53)(H,47,55)(H,48,56)(H,49,58)(H,50,57)(H,59,60). The van der Waals surface area contributed by atoms with Crippen molar-refractivity contribution in [2.45, 2.75) is 108 Å². The van der Waals surface area contributed by atoms with Crippen LogP contribution in [0.2, 0.25) is 0 Å². The highest BCUT2D eigenvalue weighted by Gasteiger charge is 2.33. The largest absolute Gasteiger partial charge is 0.480 e. The fourth-order valence-corrected chi connectivity index (χ4v) is 6.46. The molecule has 0 saturated carbocycles. The average molecular weight is 836 g/mol. The first-order chi connectivity index (χ1) is 28.5. The molecule has 2 aromatic rings. The lowest BCUT2D eigenvalue weighted by molar-refractivity contribution is -0.142. The molecular formula is C41H57N9O10. The van der Waals surface area contributed by atoms with Crippen LogP contribution in [0.3, 0.4) is 0 Å². The zero-order valence-corrected chi connectivity index (χ0v) is 33.9. The van der Waals surface area contributed by atoms with Crippen molar-refractivity contribution in [2.75, 3.05) is 13.1 Å². The molecule has 1 aliphatic rings. The number of rotatable bonds is 25. The number of primary amides is 2. The number of amides is 8. The Hall–Kier alpha value is -6.37. The molecule has 2 aromatic carbocycles. The Labute approximate surface area is 348 Å². The van der Waals surface area contributed by atoms with Crippen molar-refractivity contribution >= 4 is 53.2 Å². The lowest BCUT2D eigenvalue weighted by atomic mass is 10.0. The van der Waals surface area contributed by atoms with Gasteiger partial charge in [0.2, 0.25) is 47.3 Å². The van der Waals surface area contributed by atoms with E-state index in [2.05, 4.69) is 37.2 Å². The summed E-state index contributed by atoms with van der Waals surface area (Å²) < 4.78 is 0. The average Bonchev–Trinajstić information content (AvgIpc) is 3.75. The van der Waals surface area contributed by atoms with Gasteiger partial charge in [-0.2, -0.15) is 0 Å². The quantitative estimate of drug-likeness (QED) is 0.0545. The lowest BCUT2D eigenvalue weighted by Crippen LogP contribution is -2.59. The fraction of sp³-hybridized carbons (Fsp3) is 0.488. The maximum absolute atomic E-state index is 14.2. The van der Waals surface area contributed by atoms with E-state index in [1.807, 2.05) is 0 Å². The number of aliphatic carboxylic acids is 1. The van der Waals surface area contributed by atoms with Crippen LogP contribution in [0.25, 0.3) is 0 Å². The number of nitrogens with two attached hydrogens (primary N) is 2. The third-order valence-corrected chi connectivity index (χ3v) is 9.60. The number of nitrogens with one attached hydrogen (secondary N) is 7. The molecule has 1 fully saturated rings. The van der Waals surface area contributed by atoms with Crippen LogP contribution in [0.1, 0.15) is 69.9 Å². The first-order valence-corrected chi connectivity index (χ1v) is 19.9. The van der Waals surface area contributed by atoms with Gasteiger partial charge < -0.3 is 53.8 Å². The smallest absolute Gasteiger partial charge is 0.326 e. The first kappa shape index (κ1) is 48.0. The Bertz CT molecular complexity index is 1810. The summed E-state index contributed by atoms with van der Waals surface area (Å²) in [6, 6.07) is 10.1. The van der Waals surface area contributed by atoms with Gasteiger partial charge in [0.05, 0.1) is 12.6 Å². The van der Waals surface area contributed by atoms with E-state index in [0.29, 0.717) is 24.1 Å². The number of carbonyl (C=O) groups is 9. The number of carboxylic acid groups (broad SMARTS) is 1. The summed E-state index contributed by atoms with van der Waals surface area (Å²) >= 11 is 0. The molecule has 60 heavy (non-hydrogen) atoms. The highest BCUT2D eigenvalue weighted by atomic mass is 16.4. The molecule has 326 valence electrons. The van der Waals surface area contributed by atoms with Crippen molar-refractivity contribution in [3.05, 3.63) is 71.8 Å². The number of hydrogen-bond donors (Lipinski definition) is 10. The molecule has 8 amide bonds. The van der Waals surface area contributed by atoms with Crippen molar-refractivity contribution in [1.82, 2.24) is 37.2 Å². The second-order valence-corrected chi connectivity index (χ2v) is 15.1. The SMILES string of the molecule is CC(C)CC(NC(=O)CNC(=O)C(Cc1ccccc1)NC(=O)C(Cc1ccccc1)NC(=O)C(CCC(N)=O)NC(=O)C(CCC(N)=O)NC(=O)C1CCCN1)C(=O)O. The van der Waals surface area contributed by atoms with E-state index in [1.165, 1.54) is 0 Å². The van der Waals surface area contributed by atoms with E-state index in [9.17, 15) is 48.3 Å². The molecular weight excluding hydrogens is 779 g/mol. The van der Waals surface area contributed by atoms with E-state index in [1.54, 1.807) is 74.5 Å². The summed E-state index contributed by atoms with van der Waals surface area (Å²) in [5.74, 6) is -7.35. The van der Waals surface area contributed by atoms with E-state index in [4.69, 9.17) is 11.5 Å². The molecule has 6 atom stereocenters. The molecule has 0 bridgehead atoms. The molecule has 19 heteroatoms. The van der Waals surface area contributed by atoms with Crippen molar-refractivity contribution in [3.63, 3.8) is 0 Å². The number of hydrogen-bond acceptors (Lipinski definition) is 10. The third-order valence-electron chi connectivity index (χ3n) is 9.60. The first-order valence-electron chi connectivity index (χ1n) is 19.9. The Morgan fingerprint density at radius 2 is 1.12 bits per heavy atom. The van der Waals surface area contributed by atoms with Crippen LogP contribution in [0.15, 0.2) is 60.7 Å². The van der Waals surface area contributed by atoms with Gasteiger partial charge in [0.25, 0.3) is 0 Å². The topological polar surface area (TPSA) is 310 Å². The van der Waals surface area contributed by atoms with Crippen LogP contribution >= 0.6 is 0 Å². The molecule has 0 aliphatic carbocycles. The third kappa shape index (κ3) is 17.2. The van der Waals surface area contributed by atoms with Crippen LogP contribution in [-0.2, 0) is 56.0 Å². The summed E-state index contributed by atoms with van der Waals surface area (Å²) in [6.45, 7) is 3.61. The van der Waals surface area contributed by atoms with Crippen LogP contribution < -0.4 is 48.7 Å². The van der Waals surface area contributed by atoms with Gasteiger partial charge in [0.15, 0.2) is 0 Å². The van der Waals surface area contributed by atoms with Crippen LogP contribution in [-0.4, -0.2) is 108 Å². The molecule has 3 rings (SSSR count). The maximum Gasteiger partial charge on any atom is 0.326 e. The normalized spacial score (nSPS) is 15.9. The summed E-state index contributed by atoms with van der Waals surface area (Å²) in [5.41, 5.74) is 12.0. The Balaban J connectivity index is 1.86. The molecule has 0 radical (unpaired) electrons. The maximum atomic E-state index is 14.2. The number of carboxylic acids is 1. The van der Waals surface area contributed by atoms with E-state index < -0.39 is 96.0 Å². The summed E-state index contributed by atoms with van der Waals surface area (Å²) in [5, 5.41) is 27.9.